The predicted molar refractivity (Wildman–Crippen MR) is 110 cm³/mol. The molecule has 162 valence electrons. The molecule has 3 rings (SSSR count). The van der Waals surface area contributed by atoms with Gasteiger partial charge in [-0.25, -0.2) is 4.79 Å². The lowest BCUT2D eigenvalue weighted by atomic mass is 10.1. The van der Waals surface area contributed by atoms with Gasteiger partial charge in [0.25, 0.3) is 5.56 Å². The van der Waals surface area contributed by atoms with Gasteiger partial charge >= 0.3 is 11.9 Å². The first-order valence-electron chi connectivity index (χ1n) is 9.17. The Morgan fingerprint density at radius 1 is 1.03 bits per heavy atom. The van der Waals surface area contributed by atoms with E-state index in [0.29, 0.717) is 5.56 Å². The molecular weight excluding hydrogens is 413 g/mol. The number of hydrogen-bond acceptors (Lipinski definition) is 4. The predicted octanol–water partition coefficient (Wildman–Crippen LogP) is 2.39. The standard InChI is InChI=1S/C21H19F3N4O3/c1-27(16(29)11-13-7-9-15(10-8-13)21(22,23)24)17-18(25)28(20(31)26-19(17)30)12-14-5-3-2-4-6-14/h2-10H,11-12,25H2,1H3,(H,26,30,31). The SMILES string of the molecule is CN(C(=O)Cc1ccc(C(F)(F)F)cc1)c1c(N)n(Cc2ccccc2)c(=O)[nH]c1=O. The summed E-state index contributed by atoms with van der Waals surface area (Å²) in [5.41, 5.74) is 4.54. The number of benzene rings is 2. The van der Waals surface area contributed by atoms with Crippen molar-refractivity contribution in [3.8, 4) is 0 Å². The zero-order chi connectivity index (χ0) is 22.8. The van der Waals surface area contributed by atoms with Crippen LogP contribution in [0.4, 0.5) is 24.7 Å². The first-order chi connectivity index (χ1) is 14.6. The van der Waals surface area contributed by atoms with E-state index in [1.807, 2.05) is 6.07 Å². The summed E-state index contributed by atoms with van der Waals surface area (Å²) in [4.78, 5) is 40.4. The van der Waals surface area contributed by atoms with Crippen LogP contribution >= 0.6 is 0 Å². The summed E-state index contributed by atoms with van der Waals surface area (Å²) < 4.78 is 39.2. The van der Waals surface area contributed by atoms with Gasteiger partial charge in [-0.15, -0.1) is 0 Å². The van der Waals surface area contributed by atoms with Crippen LogP contribution in [0.25, 0.3) is 0 Å². The third-order valence-electron chi connectivity index (χ3n) is 4.74. The molecule has 0 aliphatic carbocycles. The van der Waals surface area contributed by atoms with E-state index in [4.69, 9.17) is 5.73 Å². The van der Waals surface area contributed by atoms with Crippen molar-refractivity contribution in [1.82, 2.24) is 9.55 Å². The van der Waals surface area contributed by atoms with Gasteiger partial charge in [-0.2, -0.15) is 13.2 Å². The largest absolute Gasteiger partial charge is 0.416 e. The molecule has 1 aromatic heterocycles. The second-order valence-corrected chi connectivity index (χ2v) is 6.89. The second-order valence-electron chi connectivity index (χ2n) is 6.89. The number of nitrogens with one attached hydrogen (secondary N) is 1. The topological polar surface area (TPSA) is 101 Å². The summed E-state index contributed by atoms with van der Waals surface area (Å²) in [5.74, 6) is -0.775. The van der Waals surface area contributed by atoms with E-state index in [1.165, 1.54) is 19.2 Å². The van der Waals surface area contributed by atoms with E-state index >= 15 is 0 Å². The number of hydrogen-bond donors (Lipinski definition) is 2. The van der Waals surface area contributed by atoms with E-state index in [2.05, 4.69) is 4.98 Å². The average Bonchev–Trinajstić information content (AvgIpc) is 2.71. The fourth-order valence-corrected chi connectivity index (χ4v) is 3.05. The smallest absolute Gasteiger partial charge is 0.383 e. The van der Waals surface area contributed by atoms with E-state index in [0.717, 1.165) is 27.2 Å². The van der Waals surface area contributed by atoms with Crippen LogP contribution in [-0.4, -0.2) is 22.5 Å². The second kappa shape index (κ2) is 8.50. The number of halogens is 3. The number of aromatic amines is 1. The lowest BCUT2D eigenvalue weighted by Crippen LogP contribution is -2.40. The van der Waals surface area contributed by atoms with E-state index in [1.54, 1.807) is 24.3 Å². The van der Waals surface area contributed by atoms with Crippen molar-refractivity contribution in [3.63, 3.8) is 0 Å². The Bertz CT molecular complexity index is 1200. The molecule has 1 heterocycles. The molecule has 0 radical (unpaired) electrons. The summed E-state index contributed by atoms with van der Waals surface area (Å²) in [6.07, 6.45) is -4.74. The third-order valence-corrected chi connectivity index (χ3v) is 4.74. The lowest BCUT2D eigenvalue weighted by Gasteiger charge is -2.20. The highest BCUT2D eigenvalue weighted by Crippen LogP contribution is 2.29. The van der Waals surface area contributed by atoms with E-state index < -0.39 is 28.9 Å². The Kier molecular flexibility index (Phi) is 6.00. The molecule has 0 aliphatic heterocycles. The quantitative estimate of drug-likeness (QED) is 0.647. The number of aromatic nitrogens is 2. The minimum absolute atomic E-state index is 0.0796. The van der Waals surface area contributed by atoms with Crippen LogP contribution in [0.3, 0.4) is 0 Å². The molecule has 10 heteroatoms. The van der Waals surface area contributed by atoms with Crippen LogP contribution in [0.2, 0.25) is 0 Å². The van der Waals surface area contributed by atoms with Crippen LogP contribution < -0.4 is 21.9 Å². The molecule has 0 atom stereocenters. The van der Waals surface area contributed by atoms with Gasteiger partial charge in [0.1, 0.15) is 5.82 Å². The normalized spacial score (nSPS) is 11.4. The molecule has 0 unspecified atom stereocenters. The monoisotopic (exact) mass is 432 g/mol. The highest BCUT2D eigenvalue weighted by molar-refractivity contribution is 5.96. The third kappa shape index (κ3) is 4.85. The van der Waals surface area contributed by atoms with Gasteiger partial charge in [0.15, 0.2) is 5.69 Å². The maximum Gasteiger partial charge on any atom is 0.416 e. The number of H-pyrrole nitrogens is 1. The zero-order valence-electron chi connectivity index (χ0n) is 16.4. The van der Waals surface area contributed by atoms with Crippen LogP contribution in [-0.2, 0) is 23.9 Å². The van der Waals surface area contributed by atoms with Crippen molar-refractivity contribution >= 4 is 17.4 Å². The lowest BCUT2D eigenvalue weighted by molar-refractivity contribution is -0.137. The first-order valence-corrected chi connectivity index (χ1v) is 9.17. The highest BCUT2D eigenvalue weighted by atomic mass is 19.4. The van der Waals surface area contributed by atoms with Crippen LogP contribution in [0.1, 0.15) is 16.7 Å². The fourth-order valence-electron chi connectivity index (χ4n) is 3.05. The van der Waals surface area contributed by atoms with Crippen LogP contribution in [0.5, 0.6) is 0 Å². The van der Waals surface area contributed by atoms with Crippen molar-refractivity contribution in [3.05, 3.63) is 92.1 Å². The highest BCUT2D eigenvalue weighted by Gasteiger charge is 2.30. The molecule has 2 aromatic carbocycles. The Balaban J connectivity index is 1.87. The number of likely N-dealkylation sites (N-methyl/N-ethyl adjacent to an activating group) is 1. The molecule has 3 N–H and O–H groups in total. The Morgan fingerprint density at radius 2 is 1.65 bits per heavy atom. The van der Waals surface area contributed by atoms with E-state index in [9.17, 15) is 27.6 Å². The van der Waals surface area contributed by atoms with Gasteiger partial charge in [0.05, 0.1) is 18.5 Å². The van der Waals surface area contributed by atoms with Gasteiger partial charge in [-0.3, -0.25) is 19.1 Å². The molecule has 1 amide bonds. The number of rotatable bonds is 5. The van der Waals surface area contributed by atoms with Crippen molar-refractivity contribution < 1.29 is 18.0 Å². The minimum atomic E-state index is -4.48. The van der Waals surface area contributed by atoms with Gasteiger partial charge in [0.2, 0.25) is 5.91 Å². The minimum Gasteiger partial charge on any atom is -0.383 e. The number of nitrogens with zero attached hydrogens (tertiary/aromatic N) is 2. The number of anilines is 2. The Morgan fingerprint density at radius 3 is 2.23 bits per heavy atom. The summed E-state index contributed by atoms with van der Waals surface area (Å²) in [7, 11) is 1.31. The number of nitrogens with two attached hydrogens (primary N) is 1. The fraction of sp³-hybridized carbons (Fsp3) is 0.190. The van der Waals surface area contributed by atoms with Gasteiger partial charge in [-0.1, -0.05) is 42.5 Å². The zero-order valence-corrected chi connectivity index (χ0v) is 16.4. The van der Waals surface area contributed by atoms with Crippen molar-refractivity contribution in [1.29, 1.82) is 0 Å². The first kappa shape index (κ1) is 21.9. The number of nitrogen functional groups attached to an aromatic ring is 1. The number of carbonyl (C=O) groups is 1. The number of carbonyl (C=O) groups excluding carboxylic acids is 1. The maximum absolute atomic E-state index is 12.7. The summed E-state index contributed by atoms with van der Waals surface area (Å²) >= 11 is 0. The summed E-state index contributed by atoms with van der Waals surface area (Å²) in [5, 5.41) is 0. The number of amides is 1. The molecule has 0 saturated heterocycles. The van der Waals surface area contributed by atoms with Crippen LogP contribution in [0, 0.1) is 0 Å². The molecule has 0 saturated carbocycles. The van der Waals surface area contributed by atoms with Gasteiger partial charge < -0.3 is 10.6 Å². The van der Waals surface area contributed by atoms with Crippen molar-refractivity contribution in [2.45, 2.75) is 19.1 Å². The van der Waals surface area contributed by atoms with Crippen LogP contribution in [0.15, 0.2) is 64.2 Å². The molecule has 3 aromatic rings. The van der Waals surface area contributed by atoms with E-state index in [-0.39, 0.29) is 24.5 Å². The molecule has 0 fully saturated rings. The molecule has 0 spiro atoms. The maximum atomic E-state index is 12.7. The molecule has 0 bridgehead atoms. The Labute approximate surface area is 174 Å². The van der Waals surface area contributed by atoms with Crippen molar-refractivity contribution in [2.75, 3.05) is 17.7 Å². The molecule has 0 aliphatic rings. The number of alkyl halides is 3. The summed E-state index contributed by atoms with van der Waals surface area (Å²) in [6, 6.07) is 13.1. The molecule has 31 heavy (non-hydrogen) atoms. The van der Waals surface area contributed by atoms with Gasteiger partial charge in [-0.05, 0) is 23.3 Å². The average molecular weight is 432 g/mol. The molecule has 7 nitrogen and oxygen atoms in total. The Hall–Kier alpha value is -3.82. The van der Waals surface area contributed by atoms with Gasteiger partial charge in [0, 0.05) is 7.05 Å². The van der Waals surface area contributed by atoms with Crippen molar-refractivity contribution in [2.24, 2.45) is 0 Å². The summed E-state index contributed by atoms with van der Waals surface area (Å²) in [6.45, 7) is 0.0796. The molecular formula is C21H19F3N4O3.